The van der Waals surface area contributed by atoms with Crippen molar-refractivity contribution in [1.29, 1.82) is 0 Å². The Morgan fingerprint density at radius 1 is 1.31 bits per heavy atom. The Bertz CT molecular complexity index is 320. The zero-order valence-corrected chi connectivity index (χ0v) is 12.1. The number of nitrogens with zero attached hydrogens (tertiary/aromatic N) is 2. The summed E-state index contributed by atoms with van der Waals surface area (Å²) in [6.07, 6.45) is 4.44. The van der Waals surface area contributed by atoms with Gasteiger partial charge in [-0.2, -0.15) is 5.10 Å². The first kappa shape index (κ1) is 13.7. The second kappa shape index (κ2) is 7.07. The van der Waals surface area contributed by atoms with Crippen LogP contribution in [0.4, 0.5) is 0 Å². The van der Waals surface area contributed by atoms with E-state index >= 15 is 0 Å². The molecule has 0 bridgehead atoms. The molecule has 1 rings (SSSR count). The van der Waals surface area contributed by atoms with Crippen LogP contribution in [0.15, 0.2) is 4.47 Å². The van der Waals surface area contributed by atoms with Gasteiger partial charge in [0.1, 0.15) is 0 Å². The molecule has 0 unspecified atom stereocenters. The number of hydrogen-bond donors (Lipinski definition) is 1. The lowest BCUT2D eigenvalue weighted by Crippen LogP contribution is -2.16. The first-order chi connectivity index (χ1) is 7.70. The van der Waals surface area contributed by atoms with Crippen molar-refractivity contribution < 1.29 is 0 Å². The molecule has 0 aliphatic heterocycles. The van der Waals surface area contributed by atoms with E-state index in [1.807, 2.05) is 11.7 Å². The van der Waals surface area contributed by atoms with Crippen LogP contribution in [0.25, 0.3) is 0 Å². The molecule has 1 aromatic heterocycles. The van der Waals surface area contributed by atoms with E-state index in [4.69, 9.17) is 0 Å². The minimum atomic E-state index is 0.989. The number of nitrogens with one attached hydrogen (secondary N) is 1. The standard InChI is InChI=1S/C12H22BrN3/c1-4-8-14-9-6-7-11-12(13)10(5-2)15-16(11)3/h14H,4-9H2,1-3H3. The van der Waals surface area contributed by atoms with Gasteiger partial charge >= 0.3 is 0 Å². The molecule has 1 heterocycles. The van der Waals surface area contributed by atoms with E-state index in [1.165, 1.54) is 28.7 Å². The number of hydrogen-bond acceptors (Lipinski definition) is 2. The van der Waals surface area contributed by atoms with Crippen molar-refractivity contribution in [1.82, 2.24) is 15.1 Å². The van der Waals surface area contributed by atoms with Gasteiger partial charge in [-0.1, -0.05) is 13.8 Å². The van der Waals surface area contributed by atoms with Gasteiger partial charge in [0.2, 0.25) is 0 Å². The van der Waals surface area contributed by atoms with Crippen LogP contribution < -0.4 is 5.32 Å². The van der Waals surface area contributed by atoms with E-state index in [0.717, 1.165) is 25.9 Å². The van der Waals surface area contributed by atoms with Gasteiger partial charge in [0.25, 0.3) is 0 Å². The highest BCUT2D eigenvalue weighted by atomic mass is 79.9. The Labute approximate surface area is 107 Å². The van der Waals surface area contributed by atoms with Crippen LogP contribution in [-0.2, 0) is 19.9 Å². The Morgan fingerprint density at radius 2 is 2.06 bits per heavy atom. The van der Waals surface area contributed by atoms with E-state index in [9.17, 15) is 0 Å². The SMILES string of the molecule is CCCNCCCc1c(Br)c(CC)nn1C. The summed E-state index contributed by atoms with van der Waals surface area (Å²) in [6, 6.07) is 0. The fourth-order valence-corrected chi connectivity index (χ4v) is 2.59. The van der Waals surface area contributed by atoms with Crippen LogP contribution in [-0.4, -0.2) is 22.9 Å². The molecule has 0 aliphatic rings. The summed E-state index contributed by atoms with van der Waals surface area (Å²) >= 11 is 3.64. The average Bonchev–Trinajstić information content (AvgIpc) is 2.55. The number of aromatic nitrogens is 2. The molecule has 1 N–H and O–H groups in total. The summed E-state index contributed by atoms with van der Waals surface area (Å²) in [5.41, 5.74) is 2.48. The van der Waals surface area contributed by atoms with Gasteiger partial charge in [0, 0.05) is 7.05 Å². The lowest BCUT2D eigenvalue weighted by atomic mass is 10.2. The molecule has 0 amide bonds. The van der Waals surface area contributed by atoms with Gasteiger partial charge in [-0.05, 0) is 54.7 Å². The van der Waals surface area contributed by atoms with Crippen molar-refractivity contribution in [2.75, 3.05) is 13.1 Å². The third kappa shape index (κ3) is 3.59. The summed E-state index contributed by atoms with van der Waals surface area (Å²) in [5, 5.41) is 7.91. The highest BCUT2D eigenvalue weighted by Crippen LogP contribution is 2.22. The smallest absolute Gasteiger partial charge is 0.0766 e. The average molecular weight is 288 g/mol. The fourth-order valence-electron chi connectivity index (χ4n) is 1.77. The molecule has 1 aromatic rings. The van der Waals surface area contributed by atoms with Crippen molar-refractivity contribution in [3.63, 3.8) is 0 Å². The van der Waals surface area contributed by atoms with Crippen molar-refractivity contribution in [2.24, 2.45) is 7.05 Å². The van der Waals surface area contributed by atoms with Gasteiger partial charge in [0.15, 0.2) is 0 Å². The lowest BCUT2D eigenvalue weighted by Gasteiger charge is -2.04. The van der Waals surface area contributed by atoms with Crippen molar-refractivity contribution in [2.45, 2.75) is 39.5 Å². The third-order valence-electron chi connectivity index (χ3n) is 2.70. The summed E-state index contributed by atoms with van der Waals surface area (Å²) in [7, 11) is 2.03. The highest BCUT2D eigenvalue weighted by molar-refractivity contribution is 9.10. The Balaban J connectivity index is 2.44. The predicted octanol–water partition coefficient (Wildman–Crippen LogP) is 2.68. The Hall–Kier alpha value is -0.350. The van der Waals surface area contributed by atoms with Crippen molar-refractivity contribution in [3.8, 4) is 0 Å². The second-order valence-corrected chi connectivity index (χ2v) is 4.83. The molecule has 0 radical (unpaired) electrons. The van der Waals surface area contributed by atoms with Crippen molar-refractivity contribution in [3.05, 3.63) is 15.9 Å². The van der Waals surface area contributed by atoms with Crippen LogP contribution >= 0.6 is 15.9 Å². The van der Waals surface area contributed by atoms with Gasteiger partial charge < -0.3 is 5.32 Å². The molecule has 0 saturated carbocycles. The highest BCUT2D eigenvalue weighted by Gasteiger charge is 2.11. The quantitative estimate of drug-likeness (QED) is 0.782. The maximum Gasteiger partial charge on any atom is 0.0766 e. The van der Waals surface area contributed by atoms with Gasteiger partial charge in [-0.3, -0.25) is 4.68 Å². The molecule has 0 saturated heterocycles. The zero-order valence-electron chi connectivity index (χ0n) is 10.5. The first-order valence-corrected chi connectivity index (χ1v) is 6.90. The zero-order chi connectivity index (χ0) is 12.0. The molecule has 0 atom stereocenters. The minimum Gasteiger partial charge on any atom is -0.317 e. The molecule has 4 heteroatoms. The van der Waals surface area contributed by atoms with Gasteiger partial charge in [-0.15, -0.1) is 0 Å². The Kier molecular flexibility index (Phi) is 6.06. The summed E-state index contributed by atoms with van der Waals surface area (Å²) in [4.78, 5) is 0. The van der Waals surface area contributed by atoms with Crippen LogP contribution in [0.1, 0.15) is 38.1 Å². The molecule has 0 aromatic carbocycles. The van der Waals surface area contributed by atoms with E-state index in [1.54, 1.807) is 0 Å². The first-order valence-electron chi connectivity index (χ1n) is 6.11. The summed E-state index contributed by atoms with van der Waals surface area (Å²) < 4.78 is 3.20. The largest absolute Gasteiger partial charge is 0.317 e. The topological polar surface area (TPSA) is 29.9 Å². The molecular weight excluding hydrogens is 266 g/mol. The minimum absolute atomic E-state index is 0.989. The van der Waals surface area contributed by atoms with Crippen LogP contribution in [0.2, 0.25) is 0 Å². The fraction of sp³-hybridized carbons (Fsp3) is 0.750. The van der Waals surface area contributed by atoms with E-state index in [0.29, 0.717) is 0 Å². The molecule has 3 nitrogen and oxygen atoms in total. The number of aryl methyl sites for hydroxylation is 2. The Morgan fingerprint density at radius 3 is 2.62 bits per heavy atom. The normalized spacial score (nSPS) is 11.0. The van der Waals surface area contributed by atoms with Crippen LogP contribution in [0.5, 0.6) is 0 Å². The van der Waals surface area contributed by atoms with Crippen LogP contribution in [0, 0.1) is 0 Å². The third-order valence-corrected chi connectivity index (χ3v) is 3.61. The molecule has 0 aliphatic carbocycles. The van der Waals surface area contributed by atoms with Gasteiger partial charge in [-0.25, -0.2) is 0 Å². The molecule has 0 spiro atoms. The van der Waals surface area contributed by atoms with E-state index in [-0.39, 0.29) is 0 Å². The van der Waals surface area contributed by atoms with Gasteiger partial charge in [0.05, 0.1) is 15.9 Å². The molecule has 92 valence electrons. The van der Waals surface area contributed by atoms with E-state index in [2.05, 4.69) is 40.2 Å². The number of rotatable bonds is 7. The monoisotopic (exact) mass is 287 g/mol. The maximum atomic E-state index is 4.49. The lowest BCUT2D eigenvalue weighted by molar-refractivity contribution is 0.616. The molecule has 0 fully saturated rings. The number of halogens is 1. The second-order valence-electron chi connectivity index (χ2n) is 4.04. The predicted molar refractivity (Wildman–Crippen MR) is 71.8 cm³/mol. The van der Waals surface area contributed by atoms with Crippen LogP contribution in [0.3, 0.4) is 0 Å². The molecule has 16 heavy (non-hydrogen) atoms. The summed E-state index contributed by atoms with van der Waals surface area (Å²) in [6.45, 7) is 6.54. The molecular formula is C12H22BrN3. The maximum absolute atomic E-state index is 4.49. The summed E-state index contributed by atoms with van der Waals surface area (Å²) in [5.74, 6) is 0. The van der Waals surface area contributed by atoms with Crippen molar-refractivity contribution >= 4 is 15.9 Å². The van der Waals surface area contributed by atoms with E-state index < -0.39 is 0 Å².